The van der Waals surface area contributed by atoms with Crippen molar-refractivity contribution in [2.24, 2.45) is 5.16 Å². The average molecular weight is 317 g/mol. The Bertz CT molecular complexity index is 675. The Morgan fingerprint density at radius 3 is 2.45 bits per heavy atom. The van der Waals surface area contributed by atoms with Crippen molar-refractivity contribution in [1.29, 1.82) is 0 Å². The van der Waals surface area contributed by atoms with Crippen LogP contribution in [0.25, 0.3) is 0 Å². The second kappa shape index (κ2) is 7.51. The molecule has 1 heterocycles. The van der Waals surface area contributed by atoms with E-state index >= 15 is 0 Å². The summed E-state index contributed by atoms with van der Waals surface area (Å²) in [6.45, 7) is 1.78. The summed E-state index contributed by atoms with van der Waals surface area (Å²) < 4.78 is 5.01. The van der Waals surface area contributed by atoms with Crippen molar-refractivity contribution in [3.05, 3.63) is 52.2 Å². The van der Waals surface area contributed by atoms with Crippen LogP contribution in [0.15, 0.2) is 46.9 Å². The van der Waals surface area contributed by atoms with Gasteiger partial charge in [-0.05, 0) is 42.1 Å². The minimum Gasteiger partial charge on any atom is -0.497 e. The number of carbonyl (C=O) groups is 2. The first-order valence-electron chi connectivity index (χ1n) is 6.66. The zero-order valence-electron chi connectivity index (χ0n) is 12.2. The van der Waals surface area contributed by atoms with Crippen molar-refractivity contribution in [2.45, 2.75) is 13.3 Å². The van der Waals surface area contributed by atoms with Gasteiger partial charge >= 0.3 is 5.97 Å². The highest BCUT2D eigenvalue weighted by molar-refractivity contribution is 7.13. The van der Waals surface area contributed by atoms with Crippen molar-refractivity contribution < 1.29 is 19.2 Å². The number of ketones is 1. The first-order valence-corrected chi connectivity index (χ1v) is 7.54. The molecular weight excluding hydrogens is 302 g/mol. The Morgan fingerprint density at radius 2 is 1.91 bits per heavy atom. The molecule has 0 saturated heterocycles. The number of carbonyl (C=O) groups excluding carboxylic acids is 2. The molecule has 0 aliphatic rings. The molecule has 0 saturated carbocycles. The standard InChI is InChI=1S/C16H15NO4S/c1-3-13(15(18)14-5-4-10-22-14)17-21-16(19)11-6-8-12(20-2)9-7-11/h4-10H,3H2,1-2H3/b17-13-. The van der Waals surface area contributed by atoms with Crippen LogP contribution in [0.1, 0.15) is 33.4 Å². The second-order valence-electron chi connectivity index (χ2n) is 4.31. The van der Waals surface area contributed by atoms with E-state index in [9.17, 15) is 9.59 Å². The van der Waals surface area contributed by atoms with Crippen LogP contribution in [0.3, 0.4) is 0 Å². The van der Waals surface area contributed by atoms with Gasteiger partial charge in [-0.25, -0.2) is 4.79 Å². The van der Waals surface area contributed by atoms with E-state index in [1.54, 1.807) is 50.4 Å². The van der Waals surface area contributed by atoms with Gasteiger partial charge in [0.25, 0.3) is 0 Å². The number of methoxy groups -OCH3 is 1. The van der Waals surface area contributed by atoms with Crippen molar-refractivity contribution in [2.75, 3.05) is 7.11 Å². The summed E-state index contributed by atoms with van der Waals surface area (Å²) in [5.74, 6) is -0.199. The lowest BCUT2D eigenvalue weighted by molar-refractivity contribution is 0.0515. The molecule has 0 bridgehead atoms. The van der Waals surface area contributed by atoms with Crippen LogP contribution < -0.4 is 4.74 Å². The van der Waals surface area contributed by atoms with Crippen LogP contribution in [0.4, 0.5) is 0 Å². The van der Waals surface area contributed by atoms with E-state index in [0.29, 0.717) is 22.6 Å². The maximum Gasteiger partial charge on any atom is 0.365 e. The Labute approximate surface area is 132 Å². The zero-order valence-corrected chi connectivity index (χ0v) is 13.1. The van der Waals surface area contributed by atoms with Gasteiger partial charge in [0.05, 0.1) is 17.6 Å². The van der Waals surface area contributed by atoms with E-state index in [1.807, 2.05) is 5.38 Å². The van der Waals surface area contributed by atoms with Crippen molar-refractivity contribution >= 4 is 28.8 Å². The van der Waals surface area contributed by atoms with E-state index in [-0.39, 0.29) is 11.5 Å². The highest BCUT2D eigenvalue weighted by atomic mass is 32.1. The maximum absolute atomic E-state index is 12.1. The van der Waals surface area contributed by atoms with Crippen molar-refractivity contribution in [1.82, 2.24) is 0 Å². The minimum absolute atomic E-state index is 0.212. The summed E-state index contributed by atoms with van der Waals surface area (Å²) in [4.78, 5) is 29.5. The number of benzene rings is 1. The third-order valence-corrected chi connectivity index (χ3v) is 3.78. The van der Waals surface area contributed by atoms with Crippen LogP contribution in [0.2, 0.25) is 0 Å². The molecule has 0 atom stereocenters. The summed E-state index contributed by atoms with van der Waals surface area (Å²) in [5.41, 5.74) is 0.549. The SMILES string of the molecule is CC/C(=N/OC(=O)c1ccc(OC)cc1)C(=O)c1cccs1. The molecule has 0 spiro atoms. The smallest absolute Gasteiger partial charge is 0.365 e. The fraction of sp³-hybridized carbons (Fsp3) is 0.188. The molecule has 1 aromatic carbocycles. The van der Waals surface area contributed by atoms with Crippen LogP contribution in [-0.4, -0.2) is 24.6 Å². The Kier molecular flexibility index (Phi) is 5.43. The predicted molar refractivity (Wildman–Crippen MR) is 84.8 cm³/mol. The lowest BCUT2D eigenvalue weighted by Crippen LogP contribution is -2.14. The molecule has 0 aliphatic carbocycles. The Morgan fingerprint density at radius 1 is 1.18 bits per heavy atom. The van der Waals surface area contributed by atoms with E-state index in [2.05, 4.69) is 5.16 Å². The number of ether oxygens (including phenoxy) is 1. The van der Waals surface area contributed by atoms with Gasteiger partial charge in [0.15, 0.2) is 0 Å². The predicted octanol–water partition coefficient (Wildman–Crippen LogP) is 3.56. The third-order valence-electron chi connectivity index (χ3n) is 2.91. The largest absolute Gasteiger partial charge is 0.497 e. The topological polar surface area (TPSA) is 65.0 Å². The molecule has 1 aromatic heterocycles. The number of nitrogens with zero attached hydrogens (tertiary/aromatic N) is 1. The summed E-state index contributed by atoms with van der Waals surface area (Å²) in [7, 11) is 1.54. The molecule has 2 rings (SSSR count). The van der Waals surface area contributed by atoms with Gasteiger partial charge in [0, 0.05) is 0 Å². The minimum atomic E-state index is -0.618. The lowest BCUT2D eigenvalue weighted by Gasteiger charge is -2.03. The number of Topliss-reactive ketones (excluding diaryl/α,β-unsaturated/α-hetero) is 1. The molecule has 5 nitrogen and oxygen atoms in total. The molecule has 6 heteroatoms. The molecule has 0 aliphatic heterocycles. The van der Waals surface area contributed by atoms with E-state index in [1.165, 1.54) is 11.3 Å². The second-order valence-corrected chi connectivity index (χ2v) is 5.25. The van der Waals surface area contributed by atoms with Gasteiger partial charge in [0.1, 0.15) is 11.5 Å². The van der Waals surface area contributed by atoms with E-state index in [4.69, 9.17) is 9.57 Å². The number of oxime groups is 1. The monoisotopic (exact) mass is 317 g/mol. The van der Waals surface area contributed by atoms with Crippen LogP contribution in [0, 0.1) is 0 Å². The molecule has 0 amide bonds. The van der Waals surface area contributed by atoms with Gasteiger partial charge in [-0.15, -0.1) is 11.3 Å². The first-order chi connectivity index (χ1) is 10.7. The third kappa shape index (κ3) is 3.79. The van der Waals surface area contributed by atoms with Crippen LogP contribution in [0.5, 0.6) is 5.75 Å². The molecule has 0 N–H and O–H groups in total. The molecule has 0 unspecified atom stereocenters. The Balaban J connectivity index is 2.07. The summed E-state index contributed by atoms with van der Waals surface area (Å²) >= 11 is 1.32. The molecule has 0 radical (unpaired) electrons. The number of rotatable bonds is 6. The van der Waals surface area contributed by atoms with Gasteiger partial charge in [-0.3, -0.25) is 4.79 Å². The fourth-order valence-corrected chi connectivity index (χ4v) is 2.38. The number of thiophene rings is 1. The lowest BCUT2D eigenvalue weighted by atomic mass is 10.2. The normalized spacial score (nSPS) is 11.1. The molecular formula is C16H15NO4S. The Hall–Kier alpha value is -2.47. The maximum atomic E-state index is 12.1. The van der Waals surface area contributed by atoms with Gasteiger partial charge in [-0.1, -0.05) is 18.1 Å². The molecule has 114 valence electrons. The van der Waals surface area contributed by atoms with Crippen molar-refractivity contribution in [3.8, 4) is 5.75 Å². The quantitative estimate of drug-likeness (QED) is 0.354. The van der Waals surface area contributed by atoms with E-state index in [0.717, 1.165) is 0 Å². The number of hydrogen-bond acceptors (Lipinski definition) is 6. The highest BCUT2D eigenvalue weighted by Crippen LogP contribution is 2.14. The molecule has 22 heavy (non-hydrogen) atoms. The molecule has 2 aromatic rings. The summed E-state index contributed by atoms with van der Waals surface area (Å²) in [5, 5.41) is 5.52. The first kappa shape index (κ1) is 15.9. The number of hydrogen-bond donors (Lipinski definition) is 0. The van der Waals surface area contributed by atoms with Crippen molar-refractivity contribution in [3.63, 3.8) is 0 Å². The van der Waals surface area contributed by atoms with Crippen LogP contribution >= 0.6 is 11.3 Å². The average Bonchev–Trinajstić information content (AvgIpc) is 3.09. The summed E-state index contributed by atoms with van der Waals surface area (Å²) in [6, 6.07) is 9.94. The molecule has 0 fully saturated rings. The van der Waals surface area contributed by atoms with Crippen LogP contribution in [-0.2, 0) is 4.84 Å². The summed E-state index contributed by atoms with van der Waals surface area (Å²) in [6.07, 6.45) is 0.382. The highest BCUT2D eigenvalue weighted by Gasteiger charge is 2.15. The van der Waals surface area contributed by atoms with Gasteiger partial charge < -0.3 is 9.57 Å². The zero-order chi connectivity index (χ0) is 15.9. The van der Waals surface area contributed by atoms with Gasteiger partial charge in [0.2, 0.25) is 5.78 Å². The van der Waals surface area contributed by atoms with E-state index < -0.39 is 5.97 Å². The van der Waals surface area contributed by atoms with Gasteiger partial charge in [-0.2, -0.15) is 0 Å². The fourth-order valence-electron chi connectivity index (χ4n) is 1.69.